The lowest BCUT2D eigenvalue weighted by Crippen LogP contribution is -2.46. The smallest absolute Gasteiger partial charge is 0.000712 e. The Morgan fingerprint density at radius 3 is 2.17 bits per heavy atom. The summed E-state index contributed by atoms with van der Waals surface area (Å²) in [5.41, 5.74) is 0.711. The van der Waals surface area contributed by atoms with Gasteiger partial charge < -0.3 is 10.2 Å². The molecule has 2 nitrogen and oxygen atoms in total. The third-order valence-electron chi connectivity index (χ3n) is 5.02. The topological polar surface area (TPSA) is 15.3 Å². The van der Waals surface area contributed by atoms with Gasteiger partial charge in [0.1, 0.15) is 0 Å². The predicted octanol–water partition coefficient (Wildman–Crippen LogP) is 3.13. The van der Waals surface area contributed by atoms with Gasteiger partial charge in [-0.05, 0) is 75.5 Å². The lowest BCUT2D eigenvalue weighted by atomic mass is 9.71. The minimum atomic E-state index is 0.711. The van der Waals surface area contributed by atoms with Crippen molar-refractivity contribution >= 4 is 0 Å². The predicted molar refractivity (Wildman–Crippen MR) is 78.8 cm³/mol. The summed E-state index contributed by atoms with van der Waals surface area (Å²) in [7, 11) is 0. The van der Waals surface area contributed by atoms with Crippen molar-refractivity contribution in [3.05, 3.63) is 0 Å². The molecule has 0 aromatic heterocycles. The van der Waals surface area contributed by atoms with Crippen LogP contribution in [-0.4, -0.2) is 37.6 Å². The fourth-order valence-corrected chi connectivity index (χ4v) is 3.99. The first kappa shape index (κ1) is 14.3. The molecule has 0 aromatic rings. The molecule has 1 unspecified atom stereocenters. The molecular weight excluding hydrogens is 220 g/mol. The second-order valence-corrected chi connectivity index (χ2v) is 7.29. The number of hydrogen-bond acceptors (Lipinski definition) is 2. The molecule has 0 radical (unpaired) electrons. The van der Waals surface area contributed by atoms with Crippen LogP contribution < -0.4 is 5.32 Å². The molecule has 2 aliphatic heterocycles. The Bertz CT molecular complexity index is 233. The molecule has 2 rings (SSSR count). The van der Waals surface area contributed by atoms with Gasteiger partial charge in [-0.3, -0.25) is 0 Å². The molecule has 0 aliphatic carbocycles. The monoisotopic (exact) mass is 252 g/mol. The summed E-state index contributed by atoms with van der Waals surface area (Å²) in [5, 5.41) is 3.51. The molecule has 2 fully saturated rings. The van der Waals surface area contributed by atoms with Crippen LogP contribution in [0, 0.1) is 17.3 Å². The maximum Gasteiger partial charge on any atom is 0.000712 e. The van der Waals surface area contributed by atoms with Crippen LogP contribution in [0.2, 0.25) is 0 Å². The molecule has 1 N–H and O–H groups in total. The molecule has 0 aromatic carbocycles. The van der Waals surface area contributed by atoms with Gasteiger partial charge in [0.25, 0.3) is 0 Å². The molecule has 1 atom stereocenters. The van der Waals surface area contributed by atoms with Crippen LogP contribution in [0.15, 0.2) is 0 Å². The Kier molecular flexibility index (Phi) is 5.08. The van der Waals surface area contributed by atoms with Crippen LogP contribution in [0.3, 0.4) is 0 Å². The van der Waals surface area contributed by atoms with Crippen molar-refractivity contribution in [3.8, 4) is 0 Å². The van der Waals surface area contributed by atoms with E-state index in [9.17, 15) is 0 Å². The maximum atomic E-state index is 3.51. The van der Waals surface area contributed by atoms with E-state index in [0.717, 1.165) is 11.8 Å². The van der Waals surface area contributed by atoms with Gasteiger partial charge in [0.05, 0.1) is 0 Å². The number of rotatable bonds is 4. The molecule has 2 heteroatoms. The Balaban J connectivity index is 1.72. The Morgan fingerprint density at radius 1 is 1.00 bits per heavy atom. The molecular formula is C16H32N2. The van der Waals surface area contributed by atoms with Gasteiger partial charge in [0, 0.05) is 6.54 Å². The summed E-state index contributed by atoms with van der Waals surface area (Å²) >= 11 is 0. The van der Waals surface area contributed by atoms with Crippen molar-refractivity contribution in [2.75, 3.05) is 32.7 Å². The average Bonchev–Trinajstić information content (AvgIpc) is 2.33. The molecule has 1 spiro atoms. The van der Waals surface area contributed by atoms with E-state index in [1.54, 1.807) is 0 Å². The van der Waals surface area contributed by atoms with E-state index in [0.29, 0.717) is 5.41 Å². The molecule has 106 valence electrons. The standard InChI is InChI=1S/C16H32N2/c1-14(2)12-15(3)13-18-10-6-16(7-11-18)4-8-17-9-5-16/h14-15,17H,4-13H2,1-3H3. The van der Waals surface area contributed by atoms with Crippen molar-refractivity contribution < 1.29 is 0 Å². The van der Waals surface area contributed by atoms with Crippen LogP contribution in [0.5, 0.6) is 0 Å². The van der Waals surface area contributed by atoms with Gasteiger partial charge in [-0.25, -0.2) is 0 Å². The van der Waals surface area contributed by atoms with Crippen LogP contribution in [0.25, 0.3) is 0 Å². The van der Waals surface area contributed by atoms with E-state index in [-0.39, 0.29) is 0 Å². The van der Waals surface area contributed by atoms with E-state index in [1.807, 2.05) is 0 Å². The van der Waals surface area contributed by atoms with Gasteiger partial charge in [-0.15, -0.1) is 0 Å². The van der Waals surface area contributed by atoms with Crippen molar-refractivity contribution in [2.45, 2.75) is 52.9 Å². The first-order valence-electron chi connectivity index (χ1n) is 8.03. The highest BCUT2D eigenvalue weighted by molar-refractivity contribution is 4.89. The van der Waals surface area contributed by atoms with E-state index >= 15 is 0 Å². The first-order valence-corrected chi connectivity index (χ1v) is 8.03. The largest absolute Gasteiger partial charge is 0.317 e. The van der Waals surface area contributed by atoms with Crippen LogP contribution in [0.1, 0.15) is 52.9 Å². The molecule has 0 amide bonds. The second-order valence-electron chi connectivity index (χ2n) is 7.29. The van der Waals surface area contributed by atoms with Crippen LogP contribution in [-0.2, 0) is 0 Å². The Morgan fingerprint density at radius 2 is 1.61 bits per heavy atom. The maximum absolute atomic E-state index is 3.51. The van der Waals surface area contributed by atoms with E-state index in [2.05, 4.69) is 31.0 Å². The third-order valence-corrected chi connectivity index (χ3v) is 5.02. The zero-order valence-electron chi connectivity index (χ0n) is 12.7. The van der Waals surface area contributed by atoms with Crippen molar-refractivity contribution in [1.82, 2.24) is 10.2 Å². The average molecular weight is 252 g/mol. The van der Waals surface area contributed by atoms with Gasteiger partial charge in [-0.1, -0.05) is 20.8 Å². The minimum Gasteiger partial charge on any atom is -0.317 e. The number of nitrogens with one attached hydrogen (secondary N) is 1. The number of piperidine rings is 2. The highest BCUT2D eigenvalue weighted by Gasteiger charge is 2.35. The summed E-state index contributed by atoms with van der Waals surface area (Å²) in [5.74, 6) is 1.72. The Hall–Kier alpha value is -0.0800. The lowest BCUT2D eigenvalue weighted by molar-refractivity contribution is 0.0649. The fraction of sp³-hybridized carbons (Fsp3) is 1.00. The minimum absolute atomic E-state index is 0.711. The molecule has 2 heterocycles. The number of nitrogens with zero attached hydrogens (tertiary/aromatic N) is 1. The molecule has 2 aliphatic rings. The van der Waals surface area contributed by atoms with Crippen LogP contribution in [0.4, 0.5) is 0 Å². The number of hydrogen-bond donors (Lipinski definition) is 1. The summed E-state index contributed by atoms with van der Waals surface area (Å²) in [4.78, 5) is 2.72. The van der Waals surface area contributed by atoms with Gasteiger partial charge in [0.2, 0.25) is 0 Å². The molecule has 18 heavy (non-hydrogen) atoms. The van der Waals surface area contributed by atoms with Gasteiger partial charge in [-0.2, -0.15) is 0 Å². The fourth-order valence-electron chi connectivity index (χ4n) is 3.99. The second kappa shape index (κ2) is 6.38. The summed E-state index contributed by atoms with van der Waals surface area (Å²) in [6.45, 7) is 13.6. The SMILES string of the molecule is CC(C)CC(C)CN1CCC2(CCNCC2)CC1. The van der Waals surface area contributed by atoms with Crippen molar-refractivity contribution in [2.24, 2.45) is 17.3 Å². The van der Waals surface area contributed by atoms with E-state index in [4.69, 9.17) is 0 Å². The van der Waals surface area contributed by atoms with E-state index < -0.39 is 0 Å². The van der Waals surface area contributed by atoms with Gasteiger partial charge in [0.15, 0.2) is 0 Å². The van der Waals surface area contributed by atoms with Crippen LogP contribution >= 0.6 is 0 Å². The van der Waals surface area contributed by atoms with E-state index in [1.165, 1.54) is 64.8 Å². The molecule has 0 bridgehead atoms. The first-order chi connectivity index (χ1) is 8.60. The summed E-state index contributed by atoms with van der Waals surface area (Å²) < 4.78 is 0. The number of likely N-dealkylation sites (tertiary alicyclic amines) is 1. The highest BCUT2D eigenvalue weighted by atomic mass is 15.1. The van der Waals surface area contributed by atoms with Crippen molar-refractivity contribution in [1.29, 1.82) is 0 Å². The summed E-state index contributed by atoms with van der Waals surface area (Å²) in [6.07, 6.45) is 7.11. The Labute approximate surface area is 114 Å². The van der Waals surface area contributed by atoms with Gasteiger partial charge >= 0.3 is 0 Å². The van der Waals surface area contributed by atoms with Crippen molar-refractivity contribution in [3.63, 3.8) is 0 Å². The lowest BCUT2D eigenvalue weighted by Gasteiger charge is -2.45. The highest BCUT2D eigenvalue weighted by Crippen LogP contribution is 2.39. The zero-order valence-corrected chi connectivity index (χ0v) is 12.7. The normalized spacial score (nSPS) is 26.7. The third kappa shape index (κ3) is 3.96. The molecule has 2 saturated heterocycles. The zero-order chi connectivity index (χ0) is 13.0. The molecule has 0 saturated carbocycles. The summed E-state index contributed by atoms with van der Waals surface area (Å²) in [6, 6.07) is 0. The quantitative estimate of drug-likeness (QED) is 0.827.